The maximum absolute atomic E-state index is 5.08. The Hall–Kier alpha value is 0.770. The molecule has 0 aliphatic heterocycles. The Labute approximate surface area is 39.3 Å². The quantitative estimate of drug-likeness (QED) is 0.452. The highest BCUT2D eigenvalue weighted by molar-refractivity contribution is 9.10. The molecule has 0 aliphatic carbocycles. The minimum absolute atomic E-state index is 0.132. The molecule has 1 atom stereocenters. The van der Waals surface area contributed by atoms with Crippen molar-refractivity contribution < 1.29 is 0 Å². The van der Waals surface area contributed by atoms with Gasteiger partial charge in [-0.15, -0.1) is 11.6 Å². The second-order valence-electron chi connectivity index (χ2n) is 0.391. The summed E-state index contributed by atoms with van der Waals surface area (Å²) in [7, 11) is 0. The normalized spacial score (nSPS) is 15.8. The Morgan fingerprint density at radius 3 is 2.00 bits per heavy atom. The second kappa shape index (κ2) is 2.04. The summed E-state index contributed by atoms with van der Waals surface area (Å²) in [6, 6.07) is 0. The smallest absolute Gasteiger partial charge is 0.0887 e. The van der Waals surface area contributed by atoms with Crippen LogP contribution >= 0.6 is 27.5 Å². The van der Waals surface area contributed by atoms with Crippen molar-refractivity contribution in [1.82, 2.24) is 0 Å². The van der Waals surface area contributed by atoms with Crippen LogP contribution in [0.1, 0.15) is 0 Å². The fraction of sp³-hybridized carbons (Fsp3) is 0.500. The van der Waals surface area contributed by atoms with Gasteiger partial charge in [0.05, 0.1) is 4.29 Å². The highest BCUT2D eigenvalue weighted by atomic mass is 79.9. The van der Waals surface area contributed by atoms with Gasteiger partial charge in [-0.25, -0.2) is 0 Å². The molecule has 0 nitrogen and oxygen atoms in total. The van der Waals surface area contributed by atoms with E-state index in [0.29, 0.717) is 0 Å². The molecule has 25 valence electrons. The maximum atomic E-state index is 5.08. The number of halogens is 2. The summed E-state index contributed by atoms with van der Waals surface area (Å²) >= 11 is 8.01. The first-order valence-corrected chi connectivity index (χ1v) is 2.20. The first-order chi connectivity index (χ1) is 1.73. The van der Waals surface area contributed by atoms with E-state index in [1.165, 1.54) is 0 Å². The fourth-order valence-electron chi connectivity index (χ4n) is 0. The van der Waals surface area contributed by atoms with Crippen LogP contribution in [0, 0.1) is 6.92 Å². The molecular formula is C2H3BrCl. The third-order valence-corrected chi connectivity index (χ3v) is 0. The summed E-state index contributed by atoms with van der Waals surface area (Å²) in [5.74, 6) is 0. The van der Waals surface area contributed by atoms with E-state index in [9.17, 15) is 0 Å². The van der Waals surface area contributed by atoms with Crippen LogP contribution in [0.3, 0.4) is 0 Å². The first-order valence-electron chi connectivity index (χ1n) is 0.845. The third kappa shape index (κ3) is 14.6. The van der Waals surface area contributed by atoms with Gasteiger partial charge in [0.2, 0.25) is 0 Å². The van der Waals surface area contributed by atoms with E-state index in [-0.39, 0.29) is 4.29 Å². The Kier molecular flexibility index (Phi) is 2.43. The molecule has 0 heterocycles. The van der Waals surface area contributed by atoms with Gasteiger partial charge in [-0.2, -0.15) is 0 Å². The van der Waals surface area contributed by atoms with Gasteiger partial charge >= 0.3 is 0 Å². The van der Waals surface area contributed by atoms with Gasteiger partial charge in [0.25, 0.3) is 0 Å². The van der Waals surface area contributed by atoms with Crippen molar-refractivity contribution in [1.29, 1.82) is 0 Å². The number of rotatable bonds is 0. The van der Waals surface area contributed by atoms with Crippen molar-refractivity contribution in [2.45, 2.75) is 4.29 Å². The summed E-state index contributed by atoms with van der Waals surface area (Å²) in [5, 5.41) is 0. The maximum Gasteiger partial charge on any atom is 0.0887 e. The van der Waals surface area contributed by atoms with Crippen molar-refractivity contribution in [3.05, 3.63) is 6.92 Å². The van der Waals surface area contributed by atoms with E-state index in [1.807, 2.05) is 0 Å². The fourth-order valence-corrected chi connectivity index (χ4v) is 0. The van der Waals surface area contributed by atoms with Gasteiger partial charge in [0.15, 0.2) is 0 Å². The summed E-state index contributed by atoms with van der Waals surface area (Å²) in [6.45, 7) is 3.32. The van der Waals surface area contributed by atoms with Crippen LogP contribution in [0.4, 0.5) is 0 Å². The minimum atomic E-state index is -0.132. The largest absolute Gasteiger partial charge is 0.110 e. The SMILES string of the molecule is [CH2]C(Cl)Br. The molecule has 0 spiro atoms. The van der Waals surface area contributed by atoms with Crippen LogP contribution in [0.5, 0.6) is 0 Å². The predicted molar refractivity (Wildman–Crippen MR) is 23.9 cm³/mol. The highest BCUT2D eigenvalue weighted by Gasteiger charge is 1.75. The molecule has 0 saturated heterocycles. The van der Waals surface area contributed by atoms with E-state index in [1.54, 1.807) is 0 Å². The van der Waals surface area contributed by atoms with Crippen LogP contribution in [0.2, 0.25) is 0 Å². The molecule has 0 aromatic carbocycles. The van der Waals surface area contributed by atoms with Gasteiger partial charge in [0.1, 0.15) is 0 Å². The lowest BCUT2D eigenvalue weighted by Crippen LogP contribution is -1.63. The van der Waals surface area contributed by atoms with Crippen molar-refractivity contribution in [2.24, 2.45) is 0 Å². The third-order valence-electron chi connectivity index (χ3n) is 0. The molecule has 0 fully saturated rings. The average molecular weight is 142 g/mol. The van der Waals surface area contributed by atoms with Crippen molar-refractivity contribution in [3.63, 3.8) is 0 Å². The highest BCUT2D eigenvalue weighted by Crippen LogP contribution is 1.98. The molecule has 4 heavy (non-hydrogen) atoms. The Morgan fingerprint density at radius 1 is 2.00 bits per heavy atom. The zero-order valence-electron chi connectivity index (χ0n) is 2.04. The summed E-state index contributed by atoms with van der Waals surface area (Å²) in [6.07, 6.45) is 0. The first kappa shape index (κ1) is 4.77. The van der Waals surface area contributed by atoms with Crippen LogP contribution in [0.25, 0.3) is 0 Å². The monoisotopic (exact) mass is 141 g/mol. The van der Waals surface area contributed by atoms with Crippen LogP contribution in [-0.2, 0) is 0 Å². The van der Waals surface area contributed by atoms with E-state index in [0.717, 1.165) is 0 Å². The minimum Gasteiger partial charge on any atom is -0.110 e. The molecule has 2 heteroatoms. The predicted octanol–water partition coefficient (Wildman–Crippen LogP) is 1.78. The lowest BCUT2D eigenvalue weighted by Gasteiger charge is -1.72. The van der Waals surface area contributed by atoms with Crippen molar-refractivity contribution in [2.75, 3.05) is 0 Å². The van der Waals surface area contributed by atoms with Gasteiger partial charge in [-0.3, -0.25) is 0 Å². The lowest BCUT2D eigenvalue weighted by atomic mass is 11.0. The molecule has 0 saturated carbocycles. The number of hydrogen-bond acceptors (Lipinski definition) is 0. The van der Waals surface area contributed by atoms with Gasteiger partial charge in [-0.05, 0) is 6.92 Å². The molecule has 0 rings (SSSR count). The second-order valence-corrected chi connectivity index (χ2v) is 2.55. The lowest BCUT2D eigenvalue weighted by molar-refractivity contribution is 1.70. The number of alkyl halides is 2. The molecule has 1 radical (unpaired) electrons. The molecule has 0 bridgehead atoms. The standard InChI is InChI=1S/C2H3BrCl/c1-2(3)4/h2H,1H2. The molecule has 0 aliphatic rings. The summed E-state index contributed by atoms with van der Waals surface area (Å²) < 4.78 is -0.132. The van der Waals surface area contributed by atoms with Gasteiger partial charge in [-0.1, -0.05) is 15.9 Å². The van der Waals surface area contributed by atoms with Crippen LogP contribution < -0.4 is 0 Å². The van der Waals surface area contributed by atoms with E-state index >= 15 is 0 Å². The zero-order valence-corrected chi connectivity index (χ0v) is 4.38. The van der Waals surface area contributed by atoms with Gasteiger partial charge < -0.3 is 0 Å². The zero-order chi connectivity index (χ0) is 3.58. The summed E-state index contributed by atoms with van der Waals surface area (Å²) in [5.41, 5.74) is 0. The average Bonchev–Trinajstić information content (AvgIpc) is 0.811. The molecule has 0 aromatic rings. The summed E-state index contributed by atoms with van der Waals surface area (Å²) in [4.78, 5) is 0. The molecular weight excluding hydrogens is 139 g/mol. The van der Waals surface area contributed by atoms with Crippen molar-refractivity contribution in [3.8, 4) is 0 Å². The van der Waals surface area contributed by atoms with E-state index in [4.69, 9.17) is 11.6 Å². The topological polar surface area (TPSA) is 0 Å². The van der Waals surface area contributed by atoms with Gasteiger partial charge in [0, 0.05) is 0 Å². The molecule has 0 N–H and O–H groups in total. The van der Waals surface area contributed by atoms with Crippen LogP contribution in [-0.4, -0.2) is 4.29 Å². The molecule has 0 aromatic heterocycles. The molecule has 1 unspecified atom stereocenters. The van der Waals surface area contributed by atoms with E-state index < -0.39 is 0 Å². The van der Waals surface area contributed by atoms with Crippen LogP contribution in [0.15, 0.2) is 0 Å². The Balaban J connectivity index is 2.32. The number of hydrogen-bond donors (Lipinski definition) is 0. The molecule has 0 amide bonds. The Morgan fingerprint density at radius 2 is 2.00 bits per heavy atom. The van der Waals surface area contributed by atoms with E-state index in [2.05, 4.69) is 22.9 Å². The van der Waals surface area contributed by atoms with Crippen molar-refractivity contribution >= 4 is 27.5 Å². The Bertz CT molecular complexity index is 10.8.